The quantitative estimate of drug-likeness (QED) is 0.346. The second-order valence-electron chi connectivity index (χ2n) is 8.81. The van der Waals surface area contributed by atoms with E-state index in [-0.39, 0.29) is 23.6 Å². The van der Waals surface area contributed by atoms with Crippen LogP contribution in [0.4, 0.5) is 4.39 Å². The maximum Gasteiger partial charge on any atom is 0.310 e. The largest absolute Gasteiger partial charge is 0.466 e. The van der Waals surface area contributed by atoms with Gasteiger partial charge < -0.3 is 18.6 Å². The molecule has 35 heavy (non-hydrogen) atoms. The number of ether oxygens (including phenoxy) is 1. The van der Waals surface area contributed by atoms with E-state index in [1.54, 1.807) is 30.0 Å². The summed E-state index contributed by atoms with van der Waals surface area (Å²) in [6.07, 6.45) is 1.47. The Morgan fingerprint density at radius 2 is 1.86 bits per heavy atom. The number of nitrogens with zero attached hydrogens (tertiary/aromatic N) is 2. The van der Waals surface area contributed by atoms with Crippen LogP contribution in [-0.2, 0) is 16.1 Å². The lowest BCUT2D eigenvalue weighted by Crippen LogP contribution is -2.43. The maximum atomic E-state index is 13.7. The SMILES string of the molecule is CCOC(=O)[C@@H]1CCCN(C(=O)c2cc3oc(-c4ccc(F)cc4)cc3n2Cc2ccccc2)C1. The number of furan rings is 1. The molecule has 7 heteroatoms. The number of fused-ring (bicyclic) bond motifs is 1. The van der Waals surface area contributed by atoms with E-state index in [0.29, 0.717) is 43.3 Å². The lowest BCUT2D eigenvalue weighted by Gasteiger charge is -2.31. The zero-order chi connectivity index (χ0) is 24.4. The summed E-state index contributed by atoms with van der Waals surface area (Å²) in [5.41, 5.74) is 3.69. The Labute approximate surface area is 202 Å². The Kier molecular flexibility index (Phi) is 6.40. The molecule has 1 atom stereocenters. The van der Waals surface area contributed by atoms with Crippen LogP contribution in [0.15, 0.2) is 71.1 Å². The van der Waals surface area contributed by atoms with Crippen molar-refractivity contribution < 1.29 is 23.1 Å². The average molecular weight is 475 g/mol. The molecule has 0 unspecified atom stereocenters. The highest BCUT2D eigenvalue weighted by Crippen LogP contribution is 2.32. The van der Waals surface area contributed by atoms with E-state index in [9.17, 15) is 14.0 Å². The number of likely N-dealkylation sites (tertiary alicyclic amines) is 1. The van der Waals surface area contributed by atoms with Gasteiger partial charge in [-0.1, -0.05) is 30.3 Å². The summed E-state index contributed by atoms with van der Waals surface area (Å²) < 4.78 is 26.6. The second-order valence-corrected chi connectivity index (χ2v) is 8.81. The Balaban J connectivity index is 1.50. The van der Waals surface area contributed by atoms with E-state index in [1.165, 1.54) is 12.1 Å². The Hall–Kier alpha value is -3.87. The van der Waals surface area contributed by atoms with E-state index < -0.39 is 0 Å². The number of rotatable bonds is 6. The van der Waals surface area contributed by atoms with E-state index >= 15 is 0 Å². The van der Waals surface area contributed by atoms with Gasteiger partial charge in [-0.05, 0) is 49.6 Å². The summed E-state index contributed by atoms with van der Waals surface area (Å²) in [5.74, 6) is -0.393. The number of amides is 1. The molecule has 5 rings (SSSR count). The van der Waals surface area contributed by atoms with Gasteiger partial charge in [-0.3, -0.25) is 9.59 Å². The molecular weight excluding hydrogens is 447 g/mol. The van der Waals surface area contributed by atoms with Gasteiger partial charge in [0, 0.05) is 37.3 Å². The predicted octanol–water partition coefficient (Wildman–Crippen LogP) is 5.50. The molecule has 0 N–H and O–H groups in total. The highest BCUT2D eigenvalue weighted by atomic mass is 19.1. The van der Waals surface area contributed by atoms with Gasteiger partial charge in [-0.25, -0.2) is 4.39 Å². The van der Waals surface area contributed by atoms with Crippen molar-refractivity contribution in [3.8, 4) is 11.3 Å². The van der Waals surface area contributed by atoms with Crippen molar-refractivity contribution in [3.63, 3.8) is 0 Å². The van der Waals surface area contributed by atoms with Crippen molar-refractivity contribution >= 4 is 23.0 Å². The van der Waals surface area contributed by atoms with Crippen LogP contribution in [-0.4, -0.2) is 41.0 Å². The van der Waals surface area contributed by atoms with E-state index in [0.717, 1.165) is 29.5 Å². The fourth-order valence-electron chi connectivity index (χ4n) is 4.69. The molecule has 1 aliphatic heterocycles. The first-order valence-electron chi connectivity index (χ1n) is 11.9. The summed E-state index contributed by atoms with van der Waals surface area (Å²) in [6.45, 7) is 3.54. The van der Waals surface area contributed by atoms with E-state index in [4.69, 9.17) is 9.15 Å². The summed E-state index contributed by atoms with van der Waals surface area (Å²) in [6, 6.07) is 19.7. The van der Waals surface area contributed by atoms with Crippen LogP contribution >= 0.6 is 0 Å². The monoisotopic (exact) mass is 474 g/mol. The van der Waals surface area contributed by atoms with Gasteiger partial charge in [0.25, 0.3) is 5.91 Å². The number of hydrogen-bond donors (Lipinski definition) is 0. The summed E-state index contributed by atoms with van der Waals surface area (Å²) in [7, 11) is 0. The number of esters is 1. The Morgan fingerprint density at radius 1 is 1.09 bits per heavy atom. The number of carbonyl (C=O) groups excluding carboxylic acids is 2. The van der Waals surface area contributed by atoms with Crippen molar-refractivity contribution in [3.05, 3.63) is 83.8 Å². The van der Waals surface area contributed by atoms with Crippen LogP contribution in [0, 0.1) is 11.7 Å². The highest BCUT2D eigenvalue weighted by molar-refractivity contribution is 5.98. The normalized spacial score (nSPS) is 15.9. The molecule has 180 valence electrons. The molecule has 4 aromatic rings. The van der Waals surface area contributed by atoms with Gasteiger partial charge in [0.05, 0.1) is 18.0 Å². The summed E-state index contributed by atoms with van der Waals surface area (Å²) in [4.78, 5) is 27.7. The fraction of sp³-hybridized carbons (Fsp3) is 0.286. The summed E-state index contributed by atoms with van der Waals surface area (Å²) in [5, 5.41) is 0. The van der Waals surface area contributed by atoms with Crippen LogP contribution in [0.2, 0.25) is 0 Å². The number of aromatic nitrogens is 1. The smallest absolute Gasteiger partial charge is 0.310 e. The molecule has 1 aliphatic rings. The van der Waals surface area contributed by atoms with Crippen molar-refractivity contribution in [1.29, 1.82) is 0 Å². The highest BCUT2D eigenvalue weighted by Gasteiger charge is 2.32. The first-order valence-corrected chi connectivity index (χ1v) is 11.9. The zero-order valence-corrected chi connectivity index (χ0v) is 19.6. The van der Waals surface area contributed by atoms with Crippen molar-refractivity contribution in [2.24, 2.45) is 5.92 Å². The molecule has 1 amide bonds. The molecule has 2 aromatic carbocycles. The molecular formula is C28H27FN2O4. The van der Waals surface area contributed by atoms with Gasteiger partial charge in [-0.2, -0.15) is 0 Å². The van der Waals surface area contributed by atoms with Crippen molar-refractivity contribution in [1.82, 2.24) is 9.47 Å². The third kappa shape index (κ3) is 4.71. The molecule has 1 saturated heterocycles. The van der Waals surface area contributed by atoms with Gasteiger partial charge in [0.15, 0.2) is 5.58 Å². The molecule has 0 radical (unpaired) electrons. The number of halogens is 1. The van der Waals surface area contributed by atoms with E-state index in [2.05, 4.69) is 0 Å². The van der Waals surface area contributed by atoms with Crippen molar-refractivity contribution in [2.45, 2.75) is 26.3 Å². The predicted molar refractivity (Wildman–Crippen MR) is 130 cm³/mol. The average Bonchev–Trinajstić information content (AvgIpc) is 3.44. The van der Waals surface area contributed by atoms with Crippen molar-refractivity contribution in [2.75, 3.05) is 19.7 Å². The minimum Gasteiger partial charge on any atom is -0.466 e. The first kappa shape index (κ1) is 22.9. The van der Waals surface area contributed by atoms with Gasteiger partial charge >= 0.3 is 5.97 Å². The van der Waals surface area contributed by atoms with Crippen LogP contribution in [0.1, 0.15) is 35.8 Å². The topological polar surface area (TPSA) is 64.7 Å². The zero-order valence-electron chi connectivity index (χ0n) is 19.6. The standard InChI is InChI=1S/C28H27FN2O4/c1-2-34-28(33)21-9-6-14-30(18-21)27(32)24-16-26-23(31(24)17-19-7-4-3-5-8-19)15-25(35-26)20-10-12-22(29)13-11-20/h3-5,7-8,10-13,15-16,21H,2,6,9,14,17-18H2,1H3/t21-/m1/s1. The lowest BCUT2D eigenvalue weighted by molar-refractivity contribution is -0.149. The van der Waals surface area contributed by atoms with Crippen LogP contribution < -0.4 is 0 Å². The molecule has 0 spiro atoms. The fourth-order valence-corrected chi connectivity index (χ4v) is 4.69. The molecule has 3 heterocycles. The number of piperidine rings is 1. The first-order chi connectivity index (χ1) is 17.0. The summed E-state index contributed by atoms with van der Waals surface area (Å²) >= 11 is 0. The number of hydrogen-bond acceptors (Lipinski definition) is 4. The van der Waals surface area contributed by atoms with Gasteiger partial charge in [0.1, 0.15) is 17.3 Å². The molecule has 0 saturated carbocycles. The van der Waals surface area contributed by atoms with E-state index in [1.807, 2.05) is 41.0 Å². The van der Waals surface area contributed by atoms with Gasteiger partial charge in [-0.15, -0.1) is 0 Å². The molecule has 2 aromatic heterocycles. The molecule has 0 bridgehead atoms. The van der Waals surface area contributed by atoms with Crippen LogP contribution in [0.3, 0.4) is 0 Å². The minimum absolute atomic E-state index is 0.135. The number of benzene rings is 2. The maximum absolute atomic E-state index is 13.7. The van der Waals surface area contributed by atoms with Gasteiger partial charge in [0.2, 0.25) is 0 Å². The minimum atomic E-state index is -0.311. The Morgan fingerprint density at radius 3 is 2.60 bits per heavy atom. The molecule has 6 nitrogen and oxygen atoms in total. The molecule has 1 fully saturated rings. The molecule has 0 aliphatic carbocycles. The van der Waals surface area contributed by atoms with Crippen LogP contribution in [0.5, 0.6) is 0 Å². The number of carbonyl (C=O) groups is 2. The lowest BCUT2D eigenvalue weighted by atomic mass is 9.98. The third-order valence-electron chi connectivity index (χ3n) is 6.45. The second kappa shape index (κ2) is 9.78. The Bertz CT molecular complexity index is 1340. The third-order valence-corrected chi connectivity index (χ3v) is 6.45. The van der Waals surface area contributed by atoms with Crippen LogP contribution in [0.25, 0.3) is 22.4 Å².